The van der Waals surface area contributed by atoms with Gasteiger partial charge in [0.05, 0.1) is 6.10 Å². The second-order valence-electron chi connectivity index (χ2n) is 6.18. The molecular formula is C17H27NO. The molecule has 0 atom stereocenters. The predicted molar refractivity (Wildman–Crippen MR) is 82.1 cm³/mol. The smallest absolute Gasteiger partial charge is 0.0541 e. The first-order valence-electron chi connectivity index (χ1n) is 7.40. The third-order valence-corrected chi connectivity index (χ3v) is 4.89. The molecule has 1 aliphatic rings. The van der Waals surface area contributed by atoms with E-state index in [1.54, 1.807) is 0 Å². The second-order valence-corrected chi connectivity index (χ2v) is 6.18. The maximum Gasteiger partial charge on any atom is 0.0541 e. The summed E-state index contributed by atoms with van der Waals surface area (Å²) in [4.78, 5) is 2.45. The molecule has 0 amide bonds. The molecule has 0 aliphatic heterocycles. The highest BCUT2D eigenvalue weighted by atomic mass is 16.3. The highest BCUT2D eigenvalue weighted by Crippen LogP contribution is 2.33. The highest BCUT2D eigenvalue weighted by molar-refractivity contribution is 5.64. The molecule has 1 aromatic rings. The third kappa shape index (κ3) is 2.79. The Hall–Kier alpha value is -1.02. The number of aliphatic hydroxyl groups is 1. The summed E-state index contributed by atoms with van der Waals surface area (Å²) in [6.07, 6.45) is 4.01. The van der Waals surface area contributed by atoms with Gasteiger partial charge in [-0.15, -0.1) is 0 Å². The summed E-state index contributed by atoms with van der Waals surface area (Å²) in [5.41, 5.74) is 6.95. The summed E-state index contributed by atoms with van der Waals surface area (Å²) in [5, 5.41) is 9.66. The second kappa shape index (κ2) is 5.54. The van der Waals surface area contributed by atoms with Gasteiger partial charge in [-0.3, -0.25) is 0 Å². The van der Waals surface area contributed by atoms with E-state index in [1.807, 2.05) is 0 Å². The van der Waals surface area contributed by atoms with Crippen molar-refractivity contribution in [2.75, 3.05) is 11.9 Å². The number of benzene rings is 1. The van der Waals surface area contributed by atoms with Crippen LogP contribution in [0, 0.1) is 27.7 Å². The number of aliphatic hydroxyl groups excluding tert-OH is 1. The van der Waals surface area contributed by atoms with Crippen molar-refractivity contribution >= 4 is 5.69 Å². The van der Waals surface area contributed by atoms with Crippen LogP contribution in [-0.2, 0) is 0 Å². The van der Waals surface area contributed by atoms with Crippen LogP contribution in [0.25, 0.3) is 0 Å². The molecule has 2 rings (SSSR count). The molecule has 0 unspecified atom stereocenters. The van der Waals surface area contributed by atoms with E-state index < -0.39 is 0 Å². The molecule has 0 spiro atoms. The van der Waals surface area contributed by atoms with Crippen LogP contribution in [0.3, 0.4) is 0 Å². The molecule has 106 valence electrons. The van der Waals surface area contributed by atoms with Crippen molar-refractivity contribution in [2.24, 2.45) is 0 Å². The number of nitrogens with zero attached hydrogens (tertiary/aromatic N) is 1. The molecule has 0 radical (unpaired) electrons. The standard InChI is InChI=1S/C17H27NO/c1-11-10-12(2)14(4)17(13(11)3)18(5)15-6-8-16(19)9-7-15/h10,15-16,19H,6-9H2,1-5H3. The first-order valence-corrected chi connectivity index (χ1v) is 7.40. The largest absolute Gasteiger partial charge is 0.393 e. The van der Waals surface area contributed by atoms with Gasteiger partial charge >= 0.3 is 0 Å². The lowest BCUT2D eigenvalue weighted by Crippen LogP contribution is -2.37. The van der Waals surface area contributed by atoms with Crippen molar-refractivity contribution in [1.82, 2.24) is 0 Å². The fraction of sp³-hybridized carbons (Fsp3) is 0.647. The predicted octanol–water partition coefficient (Wildman–Crippen LogP) is 3.66. The SMILES string of the molecule is Cc1cc(C)c(C)c(N(C)C2CCC(O)CC2)c1C. The number of anilines is 1. The van der Waals surface area contributed by atoms with Crippen LogP contribution in [0.15, 0.2) is 6.07 Å². The maximum absolute atomic E-state index is 9.66. The van der Waals surface area contributed by atoms with Crippen LogP contribution in [0.4, 0.5) is 5.69 Å². The average molecular weight is 261 g/mol. The molecule has 19 heavy (non-hydrogen) atoms. The van der Waals surface area contributed by atoms with Gasteiger partial charge in [0, 0.05) is 18.8 Å². The number of rotatable bonds is 2. The summed E-state index contributed by atoms with van der Waals surface area (Å²) in [5.74, 6) is 0. The Morgan fingerprint density at radius 2 is 1.42 bits per heavy atom. The van der Waals surface area contributed by atoms with Crippen LogP contribution in [-0.4, -0.2) is 24.3 Å². The lowest BCUT2D eigenvalue weighted by molar-refractivity contribution is 0.122. The van der Waals surface area contributed by atoms with Crippen LogP contribution in [0.2, 0.25) is 0 Å². The van der Waals surface area contributed by atoms with Gasteiger partial charge in [-0.1, -0.05) is 6.07 Å². The van der Waals surface area contributed by atoms with Gasteiger partial charge in [0.2, 0.25) is 0 Å². The van der Waals surface area contributed by atoms with Crippen molar-refractivity contribution < 1.29 is 5.11 Å². The molecule has 0 saturated heterocycles. The van der Waals surface area contributed by atoms with Gasteiger partial charge < -0.3 is 10.0 Å². The number of hydrogen-bond acceptors (Lipinski definition) is 2. The van der Waals surface area contributed by atoms with E-state index in [4.69, 9.17) is 0 Å². The van der Waals surface area contributed by atoms with Crippen molar-refractivity contribution in [1.29, 1.82) is 0 Å². The Labute approximate surface area is 117 Å². The minimum Gasteiger partial charge on any atom is -0.393 e. The van der Waals surface area contributed by atoms with Crippen molar-refractivity contribution in [3.05, 3.63) is 28.3 Å². The van der Waals surface area contributed by atoms with E-state index >= 15 is 0 Å². The highest BCUT2D eigenvalue weighted by Gasteiger charge is 2.25. The van der Waals surface area contributed by atoms with E-state index in [9.17, 15) is 5.11 Å². The normalized spacial score (nSPS) is 23.5. The summed E-state index contributed by atoms with van der Waals surface area (Å²) < 4.78 is 0. The molecule has 0 aromatic heterocycles. The zero-order valence-corrected chi connectivity index (χ0v) is 13.0. The lowest BCUT2D eigenvalue weighted by atomic mass is 9.90. The molecule has 0 heterocycles. The lowest BCUT2D eigenvalue weighted by Gasteiger charge is -2.37. The Morgan fingerprint density at radius 1 is 0.947 bits per heavy atom. The fourth-order valence-electron chi connectivity index (χ4n) is 3.35. The monoisotopic (exact) mass is 261 g/mol. The van der Waals surface area contributed by atoms with Gasteiger partial charge in [0.15, 0.2) is 0 Å². The molecule has 1 N–H and O–H groups in total. The van der Waals surface area contributed by atoms with Crippen molar-refractivity contribution in [3.8, 4) is 0 Å². The van der Waals surface area contributed by atoms with Crippen LogP contribution in [0.1, 0.15) is 47.9 Å². The number of aryl methyl sites for hydroxylation is 2. The average Bonchev–Trinajstić information content (AvgIpc) is 2.37. The van der Waals surface area contributed by atoms with E-state index in [0.29, 0.717) is 6.04 Å². The Balaban J connectivity index is 2.31. The zero-order chi connectivity index (χ0) is 14.2. The van der Waals surface area contributed by atoms with E-state index in [0.717, 1.165) is 25.7 Å². The van der Waals surface area contributed by atoms with Gasteiger partial charge in [-0.2, -0.15) is 0 Å². The molecule has 1 fully saturated rings. The van der Waals surface area contributed by atoms with Crippen LogP contribution >= 0.6 is 0 Å². The zero-order valence-electron chi connectivity index (χ0n) is 13.0. The molecule has 0 bridgehead atoms. The minimum absolute atomic E-state index is 0.0777. The molecule has 1 aromatic carbocycles. The first-order chi connectivity index (χ1) is 8.91. The third-order valence-electron chi connectivity index (χ3n) is 4.89. The van der Waals surface area contributed by atoms with Crippen molar-refractivity contribution in [2.45, 2.75) is 65.5 Å². The quantitative estimate of drug-likeness (QED) is 0.878. The van der Waals surface area contributed by atoms with Crippen LogP contribution < -0.4 is 4.90 Å². The maximum atomic E-state index is 9.66. The molecular weight excluding hydrogens is 234 g/mol. The van der Waals surface area contributed by atoms with Gasteiger partial charge in [-0.05, 0) is 75.6 Å². The summed E-state index contributed by atoms with van der Waals surface area (Å²) >= 11 is 0. The number of hydrogen-bond donors (Lipinski definition) is 1. The van der Waals surface area contributed by atoms with E-state index in [1.165, 1.54) is 27.9 Å². The van der Waals surface area contributed by atoms with Crippen LogP contribution in [0.5, 0.6) is 0 Å². The molecule has 1 saturated carbocycles. The molecule has 2 heteroatoms. The van der Waals surface area contributed by atoms with Gasteiger partial charge in [-0.25, -0.2) is 0 Å². The Bertz CT molecular complexity index is 433. The van der Waals surface area contributed by atoms with E-state index in [2.05, 4.69) is 45.7 Å². The van der Waals surface area contributed by atoms with Gasteiger partial charge in [0.25, 0.3) is 0 Å². The molecule has 2 nitrogen and oxygen atoms in total. The van der Waals surface area contributed by atoms with Crippen molar-refractivity contribution in [3.63, 3.8) is 0 Å². The minimum atomic E-state index is -0.0777. The Kier molecular flexibility index (Phi) is 4.19. The topological polar surface area (TPSA) is 23.5 Å². The summed E-state index contributed by atoms with van der Waals surface area (Å²) in [6.45, 7) is 8.85. The fourth-order valence-corrected chi connectivity index (χ4v) is 3.35. The van der Waals surface area contributed by atoms with E-state index in [-0.39, 0.29) is 6.10 Å². The summed E-state index contributed by atoms with van der Waals surface area (Å²) in [7, 11) is 2.22. The van der Waals surface area contributed by atoms with Gasteiger partial charge in [0.1, 0.15) is 0 Å². The molecule has 1 aliphatic carbocycles. The summed E-state index contributed by atoms with van der Waals surface area (Å²) in [6, 6.07) is 2.86. The first kappa shape index (κ1) is 14.4. The Morgan fingerprint density at radius 3 is 1.89 bits per heavy atom.